The van der Waals surface area contributed by atoms with Gasteiger partial charge in [-0.3, -0.25) is 9.69 Å². The van der Waals surface area contributed by atoms with E-state index in [4.69, 9.17) is 14.6 Å². The molecule has 188 valence electrons. The van der Waals surface area contributed by atoms with Crippen LogP contribution in [0, 0.1) is 11.8 Å². The molecule has 1 amide bonds. The highest BCUT2D eigenvalue weighted by molar-refractivity contribution is 7.89. The fraction of sp³-hybridized carbons (Fsp3) is 0.500. The maximum atomic E-state index is 13.6. The molecule has 1 saturated carbocycles. The standard InChI is InChI=1S/C26H33N3O5S/c1-17-4-3-5-22(18(17)2)28(14-19-6-9-24-25(12-19)34-16-33-24)15-26(30)29-11-10-20-13-21(35(27,31)32)7-8-23(20)29/h6-9,12-13,17-18,22H,3-5,10-11,14-16H2,1-2H3,(H2,27,31,32). The number of hydrogen-bond donors (Lipinski definition) is 1. The van der Waals surface area contributed by atoms with E-state index >= 15 is 0 Å². The number of nitrogens with two attached hydrogens (primary N) is 1. The van der Waals surface area contributed by atoms with Crippen LogP contribution in [0.2, 0.25) is 0 Å². The van der Waals surface area contributed by atoms with Crippen molar-refractivity contribution in [1.29, 1.82) is 0 Å². The zero-order chi connectivity index (χ0) is 24.7. The largest absolute Gasteiger partial charge is 0.454 e. The van der Waals surface area contributed by atoms with Gasteiger partial charge >= 0.3 is 0 Å². The average Bonchev–Trinajstić information content (AvgIpc) is 3.46. The number of carbonyl (C=O) groups is 1. The predicted molar refractivity (Wildman–Crippen MR) is 133 cm³/mol. The monoisotopic (exact) mass is 499 g/mol. The molecular formula is C26H33N3O5S. The maximum Gasteiger partial charge on any atom is 0.241 e. The Morgan fingerprint density at radius 1 is 1.11 bits per heavy atom. The number of rotatable bonds is 6. The Balaban J connectivity index is 1.38. The molecule has 2 aromatic carbocycles. The van der Waals surface area contributed by atoms with Crippen molar-refractivity contribution in [2.24, 2.45) is 17.0 Å². The topological polar surface area (TPSA) is 102 Å². The van der Waals surface area contributed by atoms with Gasteiger partial charge < -0.3 is 14.4 Å². The molecule has 3 atom stereocenters. The number of carbonyl (C=O) groups excluding carboxylic acids is 1. The highest BCUT2D eigenvalue weighted by Gasteiger charge is 2.35. The first-order valence-electron chi connectivity index (χ1n) is 12.3. The summed E-state index contributed by atoms with van der Waals surface area (Å²) in [6, 6.07) is 11.1. The van der Waals surface area contributed by atoms with Gasteiger partial charge in [-0.05, 0) is 66.1 Å². The fourth-order valence-electron chi connectivity index (χ4n) is 5.71. The molecule has 0 bridgehead atoms. The summed E-state index contributed by atoms with van der Waals surface area (Å²) in [5.74, 6) is 2.61. The van der Waals surface area contributed by atoms with Gasteiger partial charge in [-0.1, -0.05) is 32.8 Å². The van der Waals surface area contributed by atoms with Gasteiger partial charge in [0.1, 0.15) is 0 Å². The van der Waals surface area contributed by atoms with Crippen molar-refractivity contribution in [2.75, 3.05) is 24.8 Å². The third-order valence-electron chi connectivity index (χ3n) is 7.87. The van der Waals surface area contributed by atoms with E-state index in [1.54, 1.807) is 17.0 Å². The highest BCUT2D eigenvalue weighted by Crippen LogP contribution is 2.37. The van der Waals surface area contributed by atoms with Crippen molar-refractivity contribution in [1.82, 2.24) is 4.90 Å². The Bertz CT molecular complexity index is 1230. The molecule has 0 spiro atoms. The molecule has 0 aromatic heterocycles. The van der Waals surface area contributed by atoms with Gasteiger partial charge in [0.2, 0.25) is 22.7 Å². The van der Waals surface area contributed by atoms with Crippen molar-refractivity contribution in [2.45, 2.75) is 57.0 Å². The number of amides is 1. The molecule has 1 aliphatic carbocycles. The predicted octanol–water partition coefficient (Wildman–Crippen LogP) is 3.28. The quantitative estimate of drug-likeness (QED) is 0.655. The van der Waals surface area contributed by atoms with E-state index in [0.717, 1.165) is 41.2 Å². The van der Waals surface area contributed by atoms with Crippen LogP contribution in [0.4, 0.5) is 5.69 Å². The Labute approximate surface area is 207 Å². The first-order chi connectivity index (χ1) is 16.7. The van der Waals surface area contributed by atoms with Gasteiger partial charge in [-0.2, -0.15) is 0 Å². The van der Waals surface area contributed by atoms with Crippen LogP contribution in [0.15, 0.2) is 41.3 Å². The van der Waals surface area contributed by atoms with Crippen LogP contribution >= 0.6 is 0 Å². The van der Waals surface area contributed by atoms with Crippen LogP contribution in [0.1, 0.15) is 44.2 Å². The smallest absolute Gasteiger partial charge is 0.241 e. The number of benzene rings is 2. The number of primary sulfonamides is 1. The van der Waals surface area contributed by atoms with Gasteiger partial charge in [-0.15, -0.1) is 0 Å². The van der Waals surface area contributed by atoms with Gasteiger partial charge in [0, 0.05) is 24.8 Å². The molecule has 3 unspecified atom stereocenters. The lowest BCUT2D eigenvalue weighted by atomic mass is 9.77. The van der Waals surface area contributed by atoms with E-state index in [-0.39, 0.29) is 17.6 Å². The van der Waals surface area contributed by atoms with E-state index in [9.17, 15) is 13.2 Å². The summed E-state index contributed by atoms with van der Waals surface area (Å²) in [4.78, 5) is 17.8. The lowest BCUT2D eigenvalue weighted by Gasteiger charge is -2.42. The van der Waals surface area contributed by atoms with E-state index in [2.05, 4.69) is 18.7 Å². The molecule has 1 fully saturated rings. The van der Waals surface area contributed by atoms with Crippen molar-refractivity contribution in [3.63, 3.8) is 0 Å². The van der Waals surface area contributed by atoms with Crippen LogP contribution in [0.3, 0.4) is 0 Å². The van der Waals surface area contributed by atoms with Gasteiger partial charge in [0.25, 0.3) is 0 Å². The second kappa shape index (κ2) is 9.44. The first kappa shape index (κ1) is 24.1. The van der Waals surface area contributed by atoms with Crippen molar-refractivity contribution in [3.05, 3.63) is 47.5 Å². The van der Waals surface area contributed by atoms with Crippen LogP contribution in [0.25, 0.3) is 0 Å². The molecule has 0 radical (unpaired) electrons. The van der Waals surface area contributed by atoms with Crippen LogP contribution < -0.4 is 19.5 Å². The minimum Gasteiger partial charge on any atom is -0.454 e. The van der Waals surface area contributed by atoms with E-state index < -0.39 is 10.0 Å². The van der Waals surface area contributed by atoms with Crippen molar-refractivity contribution < 1.29 is 22.7 Å². The zero-order valence-electron chi connectivity index (χ0n) is 20.3. The molecule has 2 aromatic rings. The molecule has 2 N–H and O–H groups in total. The minimum absolute atomic E-state index is 0.0262. The molecule has 5 rings (SSSR count). The number of ether oxygens (including phenoxy) is 2. The number of nitrogens with zero attached hydrogens (tertiary/aromatic N) is 2. The molecule has 3 aliphatic rings. The third-order valence-corrected chi connectivity index (χ3v) is 8.78. The Kier molecular flexibility index (Phi) is 6.50. The molecule has 8 nitrogen and oxygen atoms in total. The normalized spacial score (nSPS) is 23.5. The Hall–Kier alpha value is -2.62. The Morgan fingerprint density at radius 2 is 1.91 bits per heavy atom. The van der Waals surface area contributed by atoms with Crippen LogP contribution in [-0.2, 0) is 27.8 Å². The second-order valence-electron chi connectivity index (χ2n) is 10.1. The van der Waals surface area contributed by atoms with Crippen molar-refractivity contribution in [3.8, 4) is 11.5 Å². The zero-order valence-corrected chi connectivity index (χ0v) is 21.1. The number of sulfonamides is 1. The molecule has 9 heteroatoms. The summed E-state index contributed by atoms with van der Waals surface area (Å²) < 4.78 is 34.5. The van der Waals surface area contributed by atoms with E-state index in [1.807, 2.05) is 18.2 Å². The van der Waals surface area contributed by atoms with Crippen molar-refractivity contribution >= 4 is 21.6 Å². The molecular weight excluding hydrogens is 466 g/mol. The summed E-state index contributed by atoms with van der Waals surface area (Å²) in [5, 5.41) is 5.29. The summed E-state index contributed by atoms with van der Waals surface area (Å²) >= 11 is 0. The minimum atomic E-state index is -3.78. The van der Waals surface area contributed by atoms with Crippen LogP contribution in [0.5, 0.6) is 11.5 Å². The number of fused-ring (bicyclic) bond motifs is 2. The van der Waals surface area contributed by atoms with E-state index in [0.29, 0.717) is 43.9 Å². The maximum absolute atomic E-state index is 13.6. The summed E-state index contributed by atoms with van der Waals surface area (Å²) in [6.45, 7) is 6.32. The first-order valence-corrected chi connectivity index (χ1v) is 13.8. The fourth-order valence-corrected chi connectivity index (χ4v) is 6.27. The molecule has 2 heterocycles. The highest BCUT2D eigenvalue weighted by atomic mass is 32.2. The molecule has 2 aliphatic heterocycles. The van der Waals surface area contributed by atoms with Gasteiger partial charge in [-0.25, -0.2) is 13.6 Å². The lowest BCUT2D eigenvalue weighted by molar-refractivity contribution is -0.121. The van der Waals surface area contributed by atoms with Gasteiger partial charge in [0.05, 0.1) is 11.4 Å². The van der Waals surface area contributed by atoms with E-state index in [1.165, 1.54) is 12.5 Å². The average molecular weight is 500 g/mol. The SMILES string of the molecule is CC1CCCC(N(CC(=O)N2CCc3cc(S(N)(=O)=O)ccc32)Cc2ccc3c(c2)OCO3)C1C. The molecule has 35 heavy (non-hydrogen) atoms. The summed E-state index contributed by atoms with van der Waals surface area (Å²) in [7, 11) is -3.78. The number of anilines is 1. The van der Waals surface area contributed by atoms with Crippen LogP contribution in [-0.4, -0.2) is 45.1 Å². The second-order valence-corrected chi connectivity index (χ2v) is 11.6. The van der Waals surface area contributed by atoms with Gasteiger partial charge in [0.15, 0.2) is 11.5 Å². The third kappa shape index (κ3) is 4.90. The molecule has 0 saturated heterocycles. The Morgan fingerprint density at radius 3 is 2.71 bits per heavy atom. The lowest BCUT2D eigenvalue weighted by Crippen LogP contribution is -2.48. The summed E-state index contributed by atoms with van der Waals surface area (Å²) in [5.41, 5.74) is 2.70. The summed E-state index contributed by atoms with van der Waals surface area (Å²) in [6.07, 6.45) is 4.06. The number of hydrogen-bond acceptors (Lipinski definition) is 6.